The van der Waals surface area contributed by atoms with Gasteiger partial charge in [-0.1, -0.05) is 6.07 Å². The Balaban J connectivity index is 2.00. The Morgan fingerprint density at radius 3 is 3.06 bits per heavy atom. The summed E-state index contributed by atoms with van der Waals surface area (Å²) in [7, 11) is 1.67. The number of nitrogens with one attached hydrogen (secondary N) is 1. The predicted octanol–water partition coefficient (Wildman–Crippen LogP) is 1.58. The van der Waals surface area contributed by atoms with Gasteiger partial charge in [0.1, 0.15) is 11.4 Å². The van der Waals surface area contributed by atoms with Crippen LogP contribution in [0.2, 0.25) is 0 Å². The number of aliphatic hydroxyl groups is 1. The zero-order valence-corrected chi connectivity index (χ0v) is 10.2. The summed E-state index contributed by atoms with van der Waals surface area (Å²) < 4.78 is 5.26. The van der Waals surface area contributed by atoms with Gasteiger partial charge in [-0.05, 0) is 55.5 Å². The van der Waals surface area contributed by atoms with Crippen molar-refractivity contribution in [2.45, 2.75) is 37.3 Å². The van der Waals surface area contributed by atoms with Crippen molar-refractivity contribution in [3.63, 3.8) is 0 Å². The molecule has 3 heteroatoms. The van der Waals surface area contributed by atoms with E-state index in [1.165, 1.54) is 5.56 Å². The average molecular weight is 233 g/mol. The average Bonchev–Trinajstić information content (AvgIpc) is 2.98. The number of fused-ring (bicyclic) bond motifs is 1. The molecule has 3 nitrogen and oxygen atoms in total. The molecule has 0 amide bonds. The van der Waals surface area contributed by atoms with Crippen LogP contribution in [0.3, 0.4) is 0 Å². The minimum absolute atomic E-state index is 0.204. The highest BCUT2D eigenvalue weighted by molar-refractivity contribution is 5.44. The smallest absolute Gasteiger partial charge is 0.119 e. The van der Waals surface area contributed by atoms with Crippen LogP contribution in [0.1, 0.15) is 30.4 Å². The predicted molar refractivity (Wildman–Crippen MR) is 66.2 cm³/mol. The lowest BCUT2D eigenvalue weighted by molar-refractivity contribution is 0.00447. The van der Waals surface area contributed by atoms with Gasteiger partial charge in [0, 0.05) is 6.04 Å². The van der Waals surface area contributed by atoms with Crippen LogP contribution in [0.5, 0.6) is 5.75 Å². The molecule has 0 bridgehead atoms. The van der Waals surface area contributed by atoms with Gasteiger partial charge in [0.2, 0.25) is 0 Å². The van der Waals surface area contributed by atoms with Crippen molar-refractivity contribution >= 4 is 0 Å². The molecule has 0 aromatic heterocycles. The lowest BCUT2D eigenvalue weighted by Gasteiger charge is -2.31. The van der Waals surface area contributed by atoms with Crippen molar-refractivity contribution in [1.29, 1.82) is 0 Å². The number of methoxy groups -OCH3 is 1. The largest absolute Gasteiger partial charge is 0.497 e. The molecule has 17 heavy (non-hydrogen) atoms. The fourth-order valence-electron chi connectivity index (χ4n) is 3.22. The number of hydrogen-bond acceptors (Lipinski definition) is 3. The summed E-state index contributed by atoms with van der Waals surface area (Å²) in [6, 6.07) is 6.27. The normalized spacial score (nSPS) is 31.5. The summed E-state index contributed by atoms with van der Waals surface area (Å²) in [6.45, 7) is 1.02. The summed E-state index contributed by atoms with van der Waals surface area (Å²) in [6.07, 6.45) is 4.01. The number of ether oxygens (including phenoxy) is 1. The van der Waals surface area contributed by atoms with Crippen LogP contribution in [0, 0.1) is 0 Å². The van der Waals surface area contributed by atoms with E-state index in [-0.39, 0.29) is 6.04 Å². The van der Waals surface area contributed by atoms with Gasteiger partial charge in [0.05, 0.1) is 7.11 Å². The highest BCUT2D eigenvalue weighted by atomic mass is 16.5. The quantitative estimate of drug-likeness (QED) is 0.815. The van der Waals surface area contributed by atoms with E-state index < -0.39 is 5.60 Å². The van der Waals surface area contributed by atoms with E-state index in [0.29, 0.717) is 0 Å². The Labute approximate surface area is 102 Å². The Bertz CT molecular complexity index is 426. The zero-order valence-electron chi connectivity index (χ0n) is 10.2. The van der Waals surface area contributed by atoms with Crippen molar-refractivity contribution < 1.29 is 9.84 Å². The van der Waals surface area contributed by atoms with E-state index in [0.717, 1.165) is 43.5 Å². The third-order valence-corrected chi connectivity index (χ3v) is 4.20. The molecule has 0 saturated carbocycles. The molecule has 1 aromatic rings. The third-order valence-electron chi connectivity index (χ3n) is 4.20. The first-order valence-electron chi connectivity index (χ1n) is 6.37. The molecule has 2 unspecified atom stereocenters. The third kappa shape index (κ3) is 1.65. The van der Waals surface area contributed by atoms with Crippen LogP contribution in [0.25, 0.3) is 0 Å². The first-order chi connectivity index (χ1) is 8.24. The maximum atomic E-state index is 10.9. The lowest BCUT2D eigenvalue weighted by atomic mass is 9.87. The molecule has 1 saturated heterocycles. The van der Waals surface area contributed by atoms with Crippen molar-refractivity contribution in [3.8, 4) is 5.75 Å². The van der Waals surface area contributed by atoms with E-state index >= 15 is 0 Å². The summed E-state index contributed by atoms with van der Waals surface area (Å²) in [5.41, 5.74) is 1.64. The maximum Gasteiger partial charge on any atom is 0.119 e. The van der Waals surface area contributed by atoms with Gasteiger partial charge in [0.15, 0.2) is 0 Å². The summed E-state index contributed by atoms with van der Waals surface area (Å²) in [5.74, 6) is 0.835. The number of aryl methyl sites for hydroxylation is 1. The van der Waals surface area contributed by atoms with Crippen LogP contribution in [-0.2, 0) is 12.0 Å². The van der Waals surface area contributed by atoms with Crippen LogP contribution in [0.4, 0.5) is 0 Å². The Morgan fingerprint density at radius 1 is 1.47 bits per heavy atom. The molecular formula is C14H19NO2. The first kappa shape index (κ1) is 11.1. The van der Waals surface area contributed by atoms with Gasteiger partial charge in [0.25, 0.3) is 0 Å². The van der Waals surface area contributed by atoms with Crippen LogP contribution < -0.4 is 10.1 Å². The summed E-state index contributed by atoms with van der Waals surface area (Å²) in [5, 5.41) is 14.4. The van der Waals surface area contributed by atoms with Crippen LogP contribution in [-0.4, -0.2) is 24.8 Å². The highest BCUT2D eigenvalue weighted by Crippen LogP contribution is 2.43. The maximum absolute atomic E-state index is 10.9. The molecule has 1 fully saturated rings. The molecule has 3 rings (SSSR count). The molecule has 2 aliphatic rings. The zero-order chi connectivity index (χ0) is 11.9. The molecule has 0 radical (unpaired) electrons. The summed E-state index contributed by atoms with van der Waals surface area (Å²) in [4.78, 5) is 0. The van der Waals surface area contributed by atoms with Gasteiger partial charge in [-0.15, -0.1) is 0 Å². The molecule has 0 spiro atoms. The molecule has 2 N–H and O–H groups in total. The van der Waals surface area contributed by atoms with Crippen molar-refractivity contribution in [1.82, 2.24) is 5.32 Å². The van der Waals surface area contributed by atoms with E-state index in [1.54, 1.807) is 7.11 Å². The standard InChI is InChI=1S/C14H19NO2/c1-17-11-5-4-10-6-7-14(16,12(10)9-11)13-3-2-8-15-13/h4-5,9,13,15-16H,2-3,6-8H2,1H3. The van der Waals surface area contributed by atoms with Gasteiger partial charge < -0.3 is 15.2 Å². The van der Waals surface area contributed by atoms with Gasteiger partial charge >= 0.3 is 0 Å². The minimum Gasteiger partial charge on any atom is -0.497 e. The SMILES string of the molecule is COc1ccc2c(c1)C(O)(C1CCCN1)CC2. The van der Waals surface area contributed by atoms with Crippen molar-refractivity contribution in [2.75, 3.05) is 13.7 Å². The van der Waals surface area contributed by atoms with Crippen LogP contribution >= 0.6 is 0 Å². The van der Waals surface area contributed by atoms with E-state index in [4.69, 9.17) is 4.74 Å². The van der Waals surface area contributed by atoms with E-state index in [2.05, 4.69) is 11.4 Å². The molecule has 1 aliphatic heterocycles. The molecule has 92 valence electrons. The topological polar surface area (TPSA) is 41.5 Å². The Morgan fingerprint density at radius 2 is 2.35 bits per heavy atom. The van der Waals surface area contributed by atoms with E-state index in [1.807, 2.05) is 12.1 Å². The van der Waals surface area contributed by atoms with Gasteiger partial charge in [-0.3, -0.25) is 0 Å². The molecule has 2 atom stereocenters. The fraction of sp³-hybridized carbons (Fsp3) is 0.571. The molecular weight excluding hydrogens is 214 g/mol. The van der Waals surface area contributed by atoms with Crippen LogP contribution in [0.15, 0.2) is 18.2 Å². The van der Waals surface area contributed by atoms with Gasteiger partial charge in [-0.25, -0.2) is 0 Å². The second-order valence-electron chi connectivity index (χ2n) is 5.10. The second-order valence-corrected chi connectivity index (χ2v) is 5.10. The Kier molecular flexibility index (Phi) is 2.60. The monoisotopic (exact) mass is 233 g/mol. The number of hydrogen-bond donors (Lipinski definition) is 2. The number of rotatable bonds is 2. The number of benzene rings is 1. The highest BCUT2D eigenvalue weighted by Gasteiger charge is 2.44. The minimum atomic E-state index is -0.694. The van der Waals surface area contributed by atoms with E-state index in [9.17, 15) is 5.11 Å². The molecule has 1 aromatic carbocycles. The van der Waals surface area contributed by atoms with Gasteiger partial charge in [-0.2, -0.15) is 0 Å². The summed E-state index contributed by atoms with van der Waals surface area (Å²) >= 11 is 0. The first-order valence-corrected chi connectivity index (χ1v) is 6.37. The lowest BCUT2D eigenvalue weighted by Crippen LogP contribution is -2.43. The molecule has 1 heterocycles. The second kappa shape index (κ2) is 4.00. The fourth-order valence-corrected chi connectivity index (χ4v) is 3.22. The Hall–Kier alpha value is -1.06. The molecule has 1 aliphatic carbocycles. The van der Waals surface area contributed by atoms with Crippen molar-refractivity contribution in [3.05, 3.63) is 29.3 Å². The van der Waals surface area contributed by atoms with Crippen molar-refractivity contribution in [2.24, 2.45) is 0 Å².